The molecule has 4 rings (SSSR count). The number of hydrogen-bond donors (Lipinski definition) is 0. The highest BCUT2D eigenvalue weighted by molar-refractivity contribution is 7.92. The molecule has 0 unspecified atom stereocenters. The predicted octanol–water partition coefficient (Wildman–Crippen LogP) is 2.01. The molecule has 2 heterocycles. The molecule has 2 fully saturated rings. The van der Waals surface area contributed by atoms with Gasteiger partial charge in [-0.1, -0.05) is 35.5 Å². The van der Waals surface area contributed by atoms with Crippen molar-refractivity contribution in [3.8, 4) is 0 Å². The van der Waals surface area contributed by atoms with Gasteiger partial charge >= 0.3 is 0 Å². The molecule has 1 aliphatic heterocycles. The fourth-order valence-corrected chi connectivity index (χ4v) is 3.90. The molecule has 1 saturated carbocycles. The molecule has 1 saturated heterocycles. The molecule has 120 valence electrons. The lowest BCUT2D eigenvalue weighted by Gasteiger charge is -2.36. The van der Waals surface area contributed by atoms with E-state index in [2.05, 4.69) is 10.3 Å². The van der Waals surface area contributed by atoms with E-state index in [1.807, 2.05) is 36.5 Å². The normalized spacial score (nSPS) is 20.0. The van der Waals surface area contributed by atoms with Gasteiger partial charge in [0.15, 0.2) is 0 Å². The maximum Gasteiger partial charge on any atom is 0.236 e. The van der Waals surface area contributed by atoms with Crippen LogP contribution in [0.4, 0.5) is 0 Å². The van der Waals surface area contributed by atoms with E-state index in [1.54, 1.807) is 10.8 Å². The molecule has 2 aliphatic rings. The molecule has 1 aliphatic carbocycles. The lowest BCUT2D eigenvalue weighted by Crippen LogP contribution is -2.50. The molecule has 0 atom stereocenters. The molecule has 0 spiro atoms. The van der Waals surface area contributed by atoms with Crippen molar-refractivity contribution in [3.05, 3.63) is 53.2 Å². The van der Waals surface area contributed by atoms with Gasteiger partial charge in [0.2, 0.25) is 10.0 Å². The Labute approximate surface area is 135 Å². The number of aromatic nitrogens is 3. The summed E-state index contributed by atoms with van der Waals surface area (Å²) < 4.78 is 27.8. The second-order valence-electron chi connectivity index (χ2n) is 6.13. The van der Waals surface area contributed by atoms with E-state index in [1.165, 1.54) is 22.6 Å². The van der Waals surface area contributed by atoms with Gasteiger partial charge in [-0.25, -0.2) is 13.1 Å². The van der Waals surface area contributed by atoms with Crippen LogP contribution in [0.2, 0.25) is 0 Å². The van der Waals surface area contributed by atoms with Crippen LogP contribution in [0.5, 0.6) is 0 Å². The van der Waals surface area contributed by atoms with Crippen molar-refractivity contribution in [1.82, 2.24) is 19.3 Å². The quantitative estimate of drug-likeness (QED) is 0.841. The molecule has 0 amide bonds. The molecule has 1 aromatic heterocycles. The minimum absolute atomic E-state index is 0.0925. The summed E-state index contributed by atoms with van der Waals surface area (Å²) in [5, 5.41) is 9.59. The first-order valence-electron chi connectivity index (χ1n) is 7.77. The zero-order valence-electron chi connectivity index (χ0n) is 12.6. The number of hydrogen-bond acceptors (Lipinski definition) is 4. The van der Waals surface area contributed by atoms with Crippen LogP contribution in [-0.4, -0.2) is 40.8 Å². The first-order chi connectivity index (χ1) is 11.1. The van der Waals surface area contributed by atoms with E-state index in [0.29, 0.717) is 19.0 Å². The van der Waals surface area contributed by atoms with Gasteiger partial charge in [0.05, 0.1) is 11.7 Å². The Bertz CT molecular complexity index is 819. The summed E-state index contributed by atoms with van der Waals surface area (Å²) in [5.74, 6) is 0.567. The second-order valence-corrected chi connectivity index (χ2v) is 7.95. The van der Waals surface area contributed by atoms with Gasteiger partial charge in [-0.2, -0.15) is 4.31 Å². The van der Waals surface area contributed by atoms with Crippen LogP contribution in [0.25, 0.3) is 6.08 Å². The molecule has 2 aromatic rings. The molecular weight excluding hydrogens is 312 g/mol. The van der Waals surface area contributed by atoms with Gasteiger partial charge in [0.1, 0.15) is 0 Å². The molecule has 0 radical (unpaired) electrons. The monoisotopic (exact) mass is 330 g/mol. The Morgan fingerprint density at radius 3 is 2.57 bits per heavy atom. The Balaban J connectivity index is 1.39. The number of rotatable bonds is 5. The summed E-state index contributed by atoms with van der Waals surface area (Å²) in [5.41, 5.74) is 1.91. The van der Waals surface area contributed by atoms with E-state index >= 15 is 0 Å². The van der Waals surface area contributed by atoms with Crippen LogP contribution in [0, 0.1) is 0 Å². The van der Waals surface area contributed by atoms with Crippen molar-refractivity contribution >= 4 is 16.1 Å². The minimum atomic E-state index is -3.37. The van der Waals surface area contributed by atoms with Gasteiger partial charge in [-0.15, -0.1) is 5.10 Å². The molecule has 0 N–H and O–H groups in total. The molecule has 0 bridgehead atoms. The maximum absolute atomic E-state index is 12.3. The first-order valence-corrected chi connectivity index (χ1v) is 9.27. The minimum Gasteiger partial charge on any atom is -0.247 e. The van der Waals surface area contributed by atoms with Gasteiger partial charge < -0.3 is 0 Å². The Morgan fingerprint density at radius 2 is 1.87 bits per heavy atom. The average Bonchev–Trinajstić information content (AvgIpc) is 3.24. The fraction of sp³-hybridized carbons (Fsp3) is 0.375. The van der Waals surface area contributed by atoms with Crippen molar-refractivity contribution < 1.29 is 8.42 Å². The molecule has 7 heteroatoms. The third-order valence-corrected chi connectivity index (χ3v) is 5.82. The van der Waals surface area contributed by atoms with Gasteiger partial charge in [0, 0.05) is 30.6 Å². The molecular formula is C16H18N4O2S. The highest BCUT2D eigenvalue weighted by Gasteiger charge is 2.37. The summed E-state index contributed by atoms with van der Waals surface area (Å²) in [4.78, 5) is 0. The van der Waals surface area contributed by atoms with E-state index in [0.717, 1.165) is 11.3 Å². The summed E-state index contributed by atoms with van der Waals surface area (Å²) in [6.45, 7) is 0.907. The van der Waals surface area contributed by atoms with Crippen molar-refractivity contribution in [1.29, 1.82) is 0 Å². The topological polar surface area (TPSA) is 68.1 Å². The van der Waals surface area contributed by atoms with Crippen molar-refractivity contribution in [2.75, 3.05) is 13.1 Å². The lowest BCUT2D eigenvalue weighted by molar-refractivity contribution is 0.191. The highest BCUT2D eigenvalue weighted by atomic mass is 32.2. The van der Waals surface area contributed by atoms with Crippen LogP contribution >= 0.6 is 0 Å². The number of benzene rings is 1. The SMILES string of the molecule is O=S(=O)(/C=C/c1ccccc1)N1CC(n2cc(C3CC3)nn2)C1. The Morgan fingerprint density at radius 1 is 1.13 bits per heavy atom. The number of nitrogens with zero attached hydrogens (tertiary/aromatic N) is 4. The van der Waals surface area contributed by atoms with Crippen molar-refractivity contribution in [2.45, 2.75) is 24.8 Å². The first kappa shape index (κ1) is 14.6. The Kier molecular flexibility index (Phi) is 3.54. The molecule has 23 heavy (non-hydrogen) atoms. The summed E-state index contributed by atoms with van der Waals surface area (Å²) in [7, 11) is -3.37. The smallest absolute Gasteiger partial charge is 0.236 e. The highest BCUT2D eigenvalue weighted by Crippen LogP contribution is 2.39. The Hall–Kier alpha value is -1.99. The zero-order chi connectivity index (χ0) is 15.9. The van der Waals surface area contributed by atoms with E-state index < -0.39 is 10.0 Å². The molecule has 6 nitrogen and oxygen atoms in total. The third kappa shape index (κ3) is 3.07. The summed E-state index contributed by atoms with van der Waals surface area (Å²) >= 11 is 0. The largest absolute Gasteiger partial charge is 0.247 e. The van der Waals surface area contributed by atoms with Crippen LogP contribution in [0.3, 0.4) is 0 Å². The van der Waals surface area contributed by atoms with E-state index in [4.69, 9.17) is 0 Å². The standard InChI is InChI=1S/C16H18N4O2S/c21-23(22,9-8-13-4-2-1-3-5-13)19-10-15(11-19)20-12-16(17-18-20)14-6-7-14/h1-5,8-9,12,14-15H,6-7,10-11H2/b9-8+. The van der Waals surface area contributed by atoms with Gasteiger partial charge in [-0.3, -0.25) is 0 Å². The predicted molar refractivity (Wildman–Crippen MR) is 87.0 cm³/mol. The van der Waals surface area contributed by atoms with Crippen LogP contribution in [-0.2, 0) is 10.0 Å². The lowest BCUT2D eigenvalue weighted by atomic mass is 10.2. The van der Waals surface area contributed by atoms with Crippen molar-refractivity contribution in [3.63, 3.8) is 0 Å². The van der Waals surface area contributed by atoms with E-state index in [-0.39, 0.29) is 6.04 Å². The molecule has 1 aromatic carbocycles. The van der Waals surface area contributed by atoms with Crippen molar-refractivity contribution in [2.24, 2.45) is 0 Å². The average molecular weight is 330 g/mol. The van der Waals surface area contributed by atoms with Crippen LogP contribution in [0.15, 0.2) is 41.9 Å². The van der Waals surface area contributed by atoms with E-state index in [9.17, 15) is 8.42 Å². The summed E-state index contributed by atoms with van der Waals surface area (Å²) in [6.07, 6.45) is 5.97. The number of sulfonamides is 1. The van der Waals surface area contributed by atoms with Gasteiger partial charge in [-0.05, 0) is 24.5 Å². The van der Waals surface area contributed by atoms with Gasteiger partial charge in [0.25, 0.3) is 0 Å². The van der Waals surface area contributed by atoms with Crippen LogP contribution < -0.4 is 0 Å². The van der Waals surface area contributed by atoms with Crippen LogP contribution in [0.1, 0.15) is 36.1 Å². The zero-order valence-corrected chi connectivity index (χ0v) is 13.4. The maximum atomic E-state index is 12.3. The second kappa shape index (κ2) is 5.58. The third-order valence-electron chi connectivity index (χ3n) is 4.32. The summed E-state index contributed by atoms with van der Waals surface area (Å²) in [6, 6.07) is 9.51. The fourth-order valence-electron chi connectivity index (χ4n) is 2.64.